The van der Waals surface area contributed by atoms with E-state index in [-0.39, 0.29) is 0 Å². The molecule has 18 heavy (non-hydrogen) atoms. The highest BCUT2D eigenvalue weighted by Crippen LogP contribution is 2.42. The monoisotopic (exact) mass is 247 g/mol. The zero-order chi connectivity index (χ0) is 13.3. The molecule has 0 bridgehead atoms. The molecule has 2 heterocycles. The summed E-state index contributed by atoms with van der Waals surface area (Å²) in [6.45, 7) is 6.12. The number of rotatable bonds is 2. The Hall–Kier alpha value is -1.65. The van der Waals surface area contributed by atoms with Crippen LogP contribution in [0.4, 0.5) is 5.82 Å². The molecule has 0 spiro atoms. The molecule has 0 radical (unpaired) electrons. The molecule has 0 N–H and O–H groups in total. The summed E-state index contributed by atoms with van der Waals surface area (Å²) in [5.74, 6) is 2.43. The molecular weight excluding hydrogens is 226 g/mol. The van der Waals surface area contributed by atoms with Gasteiger partial charge in [0.2, 0.25) is 0 Å². The normalized spacial score (nSPS) is 14.3. The summed E-state index contributed by atoms with van der Waals surface area (Å²) in [6.07, 6.45) is 4.07. The van der Waals surface area contributed by atoms with E-state index in [0.29, 0.717) is 11.7 Å². The zero-order valence-corrected chi connectivity index (χ0v) is 11.8. The maximum atomic E-state index is 4.60. The van der Waals surface area contributed by atoms with Crippen molar-refractivity contribution in [3.05, 3.63) is 17.6 Å². The predicted octanol–water partition coefficient (Wildman–Crippen LogP) is 2.40. The van der Waals surface area contributed by atoms with Crippen LogP contribution >= 0.6 is 0 Å². The SMILES string of the molecule is CC.Cc1c(C2CC2)nc2ncnn2c1N(C)C. The van der Waals surface area contributed by atoms with Crippen molar-refractivity contribution in [1.29, 1.82) is 0 Å². The van der Waals surface area contributed by atoms with Crippen molar-refractivity contribution >= 4 is 11.6 Å². The second-order valence-electron chi connectivity index (χ2n) is 4.59. The quantitative estimate of drug-likeness (QED) is 0.817. The van der Waals surface area contributed by atoms with Crippen LogP contribution in [0.15, 0.2) is 6.33 Å². The van der Waals surface area contributed by atoms with E-state index in [4.69, 9.17) is 0 Å². The van der Waals surface area contributed by atoms with Gasteiger partial charge in [0, 0.05) is 25.6 Å². The van der Waals surface area contributed by atoms with Gasteiger partial charge in [0.05, 0.1) is 5.69 Å². The maximum Gasteiger partial charge on any atom is 0.254 e. The van der Waals surface area contributed by atoms with Crippen LogP contribution in [-0.2, 0) is 0 Å². The van der Waals surface area contributed by atoms with Crippen molar-refractivity contribution in [1.82, 2.24) is 19.6 Å². The van der Waals surface area contributed by atoms with Gasteiger partial charge in [0.15, 0.2) is 0 Å². The topological polar surface area (TPSA) is 46.3 Å². The van der Waals surface area contributed by atoms with E-state index in [0.717, 1.165) is 5.82 Å². The fourth-order valence-corrected chi connectivity index (χ4v) is 2.21. The first kappa shape index (κ1) is 12.8. The Kier molecular flexibility index (Phi) is 3.50. The molecule has 0 saturated heterocycles. The van der Waals surface area contributed by atoms with Gasteiger partial charge in [-0.3, -0.25) is 0 Å². The fourth-order valence-electron chi connectivity index (χ4n) is 2.21. The van der Waals surface area contributed by atoms with Crippen molar-refractivity contribution in [3.8, 4) is 0 Å². The van der Waals surface area contributed by atoms with Crippen LogP contribution in [-0.4, -0.2) is 33.7 Å². The third kappa shape index (κ3) is 2.05. The molecule has 0 amide bonds. The molecule has 1 aliphatic rings. The molecule has 0 aliphatic heterocycles. The van der Waals surface area contributed by atoms with Crippen molar-refractivity contribution in [2.45, 2.75) is 39.5 Å². The third-order valence-electron chi connectivity index (χ3n) is 3.06. The lowest BCUT2D eigenvalue weighted by molar-refractivity contribution is 0.857. The number of nitrogens with zero attached hydrogens (tertiary/aromatic N) is 5. The molecule has 0 unspecified atom stereocenters. The van der Waals surface area contributed by atoms with Gasteiger partial charge in [0.25, 0.3) is 5.78 Å². The lowest BCUT2D eigenvalue weighted by Crippen LogP contribution is -2.17. The molecule has 1 saturated carbocycles. The summed E-state index contributed by atoms with van der Waals surface area (Å²) in [5.41, 5.74) is 2.43. The van der Waals surface area contributed by atoms with Gasteiger partial charge in [0.1, 0.15) is 12.1 Å². The standard InChI is InChI=1S/C11H15N5.C2H6/c1-7-9(8-4-5-8)14-11-12-6-13-16(11)10(7)15(2)3;1-2/h6,8H,4-5H2,1-3H3;1-2H3. The van der Waals surface area contributed by atoms with Crippen LogP contribution in [0.2, 0.25) is 0 Å². The lowest BCUT2D eigenvalue weighted by atomic mass is 10.1. The minimum Gasteiger partial charge on any atom is -0.362 e. The summed E-state index contributed by atoms with van der Waals surface area (Å²) in [7, 11) is 4.06. The van der Waals surface area contributed by atoms with E-state index in [9.17, 15) is 0 Å². The molecule has 5 nitrogen and oxygen atoms in total. The number of hydrogen-bond donors (Lipinski definition) is 0. The van der Waals surface area contributed by atoms with Crippen molar-refractivity contribution in [2.24, 2.45) is 0 Å². The first-order valence-electron chi connectivity index (χ1n) is 6.56. The Morgan fingerprint density at radius 2 is 1.94 bits per heavy atom. The molecule has 98 valence electrons. The van der Waals surface area contributed by atoms with E-state index in [2.05, 4.69) is 26.9 Å². The molecule has 0 atom stereocenters. The lowest BCUT2D eigenvalue weighted by Gasteiger charge is -2.18. The molecule has 1 aliphatic carbocycles. The minimum absolute atomic E-state index is 0.639. The van der Waals surface area contributed by atoms with Gasteiger partial charge < -0.3 is 4.90 Å². The molecule has 1 fully saturated rings. The van der Waals surface area contributed by atoms with E-state index >= 15 is 0 Å². The van der Waals surface area contributed by atoms with E-state index in [1.807, 2.05) is 27.9 Å². The van der Waals surface area contributed by atoms with Gasteiger partial charge in [-0.2, -0.15) is 14.6 Å². The molecule has 5 heteroatoms. The van der Waals surface area contributed by atoms with Gasteiger partial charge in [-0.1, -0.05) is 13.8 Å². The van der Waals surface area contributed by atoms with E-state index in [1.165, 1.54) is 24.1 Å². The summed E-state index contributed by atoms with van der Waals surface area (Å²) < 4.78 is 1.81. The van der Waals surface area contributed by atoms with Crippen LogP contribution < -0.4 is 4.90 Å². The van der Waals surface area contributed by atoms with Gasteiger partial charge in [-0.05, 0) is 19.8 Å². The highest BCUT2D eigenvalue weighted by molar-refractivity contribution is 5.54. The molecular formula is C13H21N5. The van der Waals surface area contributed by atoms with Crippen LogP contribution in [0.5, 0.6) is 0 Å². The summed E-state index contributed by atoms with van der Waals surface area (Å²) in [5, 5.41) is 4.22. The van der Waals surface area contributed by atoms with Gasteiger partial charge in [-0.25, -0.2) is 4.98 Å². The van der Waals surface area contributed by atoms with Crippen LogP contribution in [0.1, 0.15) is 43.9 Å². The van der Waals surface area contributed by atoms with E-state index < -0.39 is 0 Å². The number of aromatic nitrogens is 4. The van der Waals surface area contributed by atoms with Gasteiger partial charge >= 0.3 is 0 Å². The second kappa shape index (κ2) is 4.92. The highest BCUT2D eigenvalue weighted by Gasteiger charge is 2.29. The van der Waals surface area contributed by atoms with Crippen molar-refractivity contribution < 1.29 is 0 Å². The Bertz CT molecular complexity index is 540. The molecule has 3 rings (SSSR count). The second-order valence-corrected chi connectivity index (χ2v) is 4.59. The first-order chi connectivity index (χ1) is 8.68. The zero-order valence-electron chi connectivity index (χ0n) is 11.8. The maximum absolute atomic E-state index is 4.60. The average Bonchev–Trinajstić information content (AvgIpc) is 3.10. The molecule has 2 aromatic rings. The molecule has 0 aromatic carbocycles. The number of anilines is 1. The van der Waals surface area contributed by atoms with Crippen molar-refractivity contribution in [2.75, 3.05) is 19.0 Å². The van der Waals surface area contributed by atoms with Crippen LogP contribution in [0.3, 0.4) is 0 Å². The fraction of sp³-hybridized carbons (Fsp3) is 0.615. The van der Waals surface area contributed by atoms with Crippen LogP contribution in [0, 0.1) is 6.92 Å². The highest BCUT2D eigenvalue weighted by atomic mass is 15.4. The largest absolute Gasteiger partial charge is 0.362 e. The van der Waals surface area contributed by atoms with Gasteiger partial charge in [-0.15, -0.1) is 0 Å². The Labute approximate surface area is 108 Å². The smallest absolute Gasteiger partial charge is 0.254 e. The Morgan fingerprint density at radius 1 is 1.28 bits per heavy atom. The summed E-state index contributed by atoms with van der Waals surface area (Å²) >= 11 is 0. The number of hydrogen-bond acceptors (Lipinski definition) is 4. The Balaban J connectivity index is 0.000000574. The summed E-state index contributed by atoms with van der Waals surface area (Å²) in [6, 6.07) is 0. The van der Waals surface area contributed by atoms with Crippen LogP contribution in [0.25, 0.3) is 5.78 Å². The van der Waals surface area contributed by atoms with Crippen molar-refractivity contribution in [3.63, 3.8) is 0 Å². The van der Waals surface area contributed by atoms with E-state index in [1.54, 1.807) is 10.8 Å². The number of fused-ring (bicyclic) bond motifs is 1. The third-order valence-corrected chi connectivity index (χ3v) is 3.06. The minimum atomic E-state index is 0.639. The molecule has 2 aromatic heterocycles. The Morgan fingerprint density at radius 3 is 2.50 bits per heavy atom. The first-order valence-corrected chi connectivity index (χ1v) is 6.56. The summed E-state index contributed by atoms with van der Waals surface area (Å²) in [4.78, 5) is 10.9. The average molecular weight is 247 g/mol. The predicted molar refractivity (Wildman–Crippen MR) is 73.2 cm³/mol.